The van der Waals surface area contributed by atoms with Crippen molar-refractivity contribution in [2.45, 2.75) is 13.0 Å². The topological polar surface area (TPSA) is 20.2 Å². The number of hydrogen-bond acceptors (Lipinski definition) is 3. The summed E-state index contributed by atoms with van der Waals surface area (Å²) in [5.41, 5.74) is 0.999. The molecule has 1 unspecified atom stereocenters. The Balaban J connectivity index is 2.03. The second kappa shape index (κ2) is 4.26. The third kappa shape index (κ3) is 2.02. The van der Waals surface area contributed by atoms with E-state index in [1.807, 2.05) is 17.5 Å². The van der Waals surface area contributed by atoms with Gasteiger partial charge in [0, 0.05) is 14.5 Å². The average Bonchev–Trinajstić information content (AvgIpc) is 2.93. The Morgan fingerprint density at radius 1 is 1.18 bits per heavy atom. The summed E-state index contributed by atoms with van der Waals surface area (Å²) in [5, 5.41) is 13.6. The maximum absolute atomic E-state index is 10.3. The van der Waals surface area contributed by atoms with Crippen LogP contribution in [0.3, 0.4) is 0 Å². The Labute approximate surface area is 108 Å². The largest absolute Gasteiger partial charge is 0.383 e. The van der Waals surface area contributed by atoms with E-state index >= 15 is 0 Å². The van der Waals surface area contributed by atoms with Gasteiger partial charge in [0.25, 0.3) is 0 Å². The third-order valence-corrected chi connectivity index (χ3v) is 4.83. The van der Waals surface area contributed by atoms with Gasteiger partial charge in [-0.1, -0.05) is 18.2 Å². The predicted octanol–water partition coefficient (Wildman–Crippen LogP) is 4.35. The van der Waals surface area contributed by atoms with E-state index in [0.29, 0.717) is 0 Å². The summed E-state index contributed by atoms with van der Waals surface area (Å²) in [5.74, 6) is 0. The van der Waals surface area contributed by atoms with Crippen LogP contribution in [0.2, 0.25) is 0 Å². The van der Waals surface area contributed by atoms with Gasteiger partial charge >= 0.3 is 0 Å². The van der Waals surface area contributed by atoms with Gasteiger partial charge in [0.05, 0.1) is 0 Å². The van der Waals surface area contributed by atoms with Crippen molar-refractivity contribution < 1.29 is 5.11 Å². The van der Waals surface area contributed by atoms with Crippen molar-refractivity contribution in [1.29, 1.82) is 0 Å². The minimum atomic E-state index is -0.489. The fourth-order valence-corrected chi connectivity index (χ4v) is 3.71. The van der Waals surface area contributed by atoms with Crippen LogP contribution in [-0.4, -0.2) is 5.11 Å². The lowest BCUT2D eigenvalue weighted by molar-refractivity contribution is 0.225. The fourth-order valence-electron chi connectivity index (χ4n) is 1.91. The third-order valence-electron chi connectivity index (χ3n) is 2.78. The van der Waals surface area contributed by atoms with Gasteiger partial charge in [-0.3, -0.25) is 0 Å². The van der Waals surface area contributed by atoms with Gasteiger partial charge in [-0.15, -0.1) is 22.7 Å². The first kappa shape index (κ1) is 11.0. The highest BCUT2D eigenvalue weighted by Gasteiger charge is 2.14. The minimum Gasteiger partial charge on any atom is -0.383 e. The number of benzene rings is 1. The van der Waals surface area contributed by atoms with Crippen molar-refractivity contribution in [3.63, 3.8) is 0 Å². The van der Waals surface area contributed by atoms with Crippen LogP contribution in [0.15, 0.2) is 41.8 Å². The van der Waals surface area contributed by atoms with E-state index in [2.05, 4.69) is 31.2 Å². The van der Waals surface area contributed by atoms with Gasteiger partial charge in [0.15, 0.2) is 0 Å². The molecule has 0 aliphatic rings. The summed E-state index contributed by atoms with van der Waals surface area (Å²) in [6, 6.07) is 12.4. The van der Waals surface area contributed by atoms with E-state index in [-0.39, 0.29) is 0 Å². The standard InChI is InChI=1S/C14H12OS2/c1-9-6-11(8-16-9)14(15)13-7-10-4-2-3-5-12(10)17-13/h2-8,14-15H,1H3. The highest BCUT2D eigenvalue weighted by Crippen LogP contribution is 2.34. The molecule has 2 aromatic heterocycles. The highest BCUT2D eigenvalue weighted by molar-refractivity contribution is 7.19. The lowest BCUT2D eigenvalue weighted by atomic mass is 10.1. The Morgan fingerprint density at radius 2 is 2.00 bits per heavy atom. The predicted molar refractivity (Wildman–Crippen MR) is 74.9 cm³/mol. The molecule has 86 valence electrons. The lowest BCUT2D eigenvalue weighted by Crippen LogP contribution is -1.93. The number of hydrogen-bond donors (Lipinski definition) is 1. The lowest BCUT2D eigenvalue weighted by Gasteiger charge is -2.04. The molecular weight excluding hydrogens is 248 g/mol. The summed E-state index contributed by atoms with van der Waals surface area (Å²) < 4.78 is 1.23. The van der Waals surface area contributed by atoms with E-state index in [4.69, 9.17) is 0 Å². The zero-order valence-electron chi connectivity index (χ0n) is 9.38. The molecule has 1 nitrogen and oxygen atoms in total. The molecule has 1 aromatic carbocycles. The summed E-state index contributed by atoms with van der Waals surface area (Å²) >= 11 is 3.34. The maximum atomic E-state index is 10.3. The Bertz CT molecular complexity index is 618. The summed E-state index contributed by atoms with van der Waals surface area (Å²) in [6.07, 6.45) is -0.489. The first-order chi connectivity index (χ1) is 8.24. The van der Waals surface area contributed by atoms with Crippen LogP contribution < -0.4 is 0 Å². The van der Waals surface area contributed by atoms with Gasteiger partial charge in [-0.25, -0.2) is 0 Å². The Kier molecular flexibility index (Phi) is 2.74. The molecule has 2 heterocycles. The van der Waals surface area contributed by atoms with E-state index in [1.165, 1.54) is 15.0 Å². The molecule has 17 heavy (non-hydrogen) atoms. The molecule has 0 aliphatic carbocycles. The van der Waals surface area contributed by atoms with Crippen LogP contribution >= 0.6 is 22.7 Å². The van der Waals surface area contributed by atoms with E-state index in [0.717, 1.165) is 10.4 Å². The van der Waals surface area contributed by atoms with Crippen LogP contribution in [0, 0.1) is 6.92 Å². The number of aliphatic hydroxyl groups is 1. The molecule has 3 heteroatoms. The van der Waals surface area contributed by atoms with Gasteiger partial charge in [0.1, 0.15) is 6.10 Å². The van der Waals surface area contributed by atoms with Gasteiger partial charge in [-0.05, 0) is 41.5 Å². The van der Waals surface area contributed by atoms with Crippen LogP contribution in [0.25, 0.3) is 10.1 Å². The fraction of sp³-hybridized carbons (Fsp3) is 0.143. The number of thiophene rings is 2. The second-order valence-electron chi connectivity index (χ2n) is 4.08. The van der Waals surface area contributed by atoms with Crippen molar-refractivity contribution in [2.24, 2.45) is 0 Å². The molecule has 1 atom stereocenters. The molecule has 0 aliphatic heterocycles. The second-order valence-corrected chi connectivity index (χ2v) is 6.31. The Hall–Kier alpha value is -1.16. The molecule has 0 radical (unpaired) electrons. The maximum Gasteiger partial charge on any atom is 0.114 e. The molecule has 0 spiro atoms. The number of aryl methyl sites for hydroxylation is 1. The van der Waals surface area contributed by atoms with Gasteiger partial charge in [0.2, 0.25) is 0 Å². The molecular formula is C14H12OS2. The monoisotopic (exact) mass is 260 g/mol. The molecule has 3 aromatic rings. The molecule has 0 bridgehead atoms. The number of rotatable bonds is 2. The van der Waals surface area contributed by atoms with Gasteiger partial charge in [-0.2, -0.15) is 0 Å². The zero-order valence-corrected chi connectivity index (χ0v) is 11.0. The van der Waals surface area contributed by atoms with Crippen molar-refractivity contribution >= 4 is 32.8 Å². The summed E-state index contributed by atoms with van der Waals surface area (Å²) in [4.78, 5) is 2.25. The van der Waals surface area contributed by atoms with Crippen molar-refractivity contribution in [2.75, 3.05) is 0 Å². The number of fused-ring (bicyclic) bond motifs is 1. The van der Waals surface area contributed by atoms with Crippen LogP contribution in [-0.2, 0) is 0 Å². The summed E-state index contributed by atoms with van der Waals surface area (Å²) in [7, 11) is 0. The smallest absolute Gasteiger partial charge is 0.114 e. The molecule has 0 saturated heterocycles. The van der Waals surface area contributed by atoms with Crippen LogP contribution in [0.4, 0.5) is 0 Å². The molecule has 0 fully saturated rings. The highest BCUT2D eigenvalue weighted by atomic mass is 32.1. The van der Waals surface area contributed by atoms with Crippen molar-refractivity contribution in [3.8, 4) is 0 Å². The SMILES string of the molecule is Cc1cc(C(O)c2cc3ccccc3s2)cs1. The van der Waals surface area contributed by atoms with E-state index in [9.17, 15) is 5.11 Å². The van der Waals surface area contributed by atoms with Crippen molar-refractivity contribution in [1.82, 2.24) is 0 Å². The average molecular weight is 260 g/mol. The molecule has 3 rings (SSSR count). The molecule has 0 saturated carbocycles. The zero-order chi connectivity index (χ0) is 11.8. The normalized spacial score (nSPS) is 13.1. The number of aliphatic hydroxyl groups excluding tert-OH is 1. The molecule has 1 N–H and O–H groups in total. The summed E-state index contributed by atoms with van der Waals surface area (Å²) in [6.45, 7) is 2.06. The Morgan fingerprint density at radius 3 is 2.71 bits per heavy atom. The van der Waals surface area contributed by atoms with Gasteiger partial charge < -0.3 is 5.11 Å². The first-order valence-electron chi connectivity index (χ1n) is 5.45. The van der Waals surface area contributed by atoms with Crippen LogP contribution in [0.1, 0.15) is 21.4 Å². The van der Waals surface area contributed by atoms with Crippen molar-refractivity contribution in [3.05, 3.63) is 57.1 Å². The van der Waals surface area contributed by atoms with E-state index in [1.54, 1.807) is 22.7 Å². The van der Waals surface area contributed by atoms with E-state index < -0.39 is 6.10 Å². The first-order valence-corrected chi connectivity index (χ1v) is 7.15. The quantitative estimate of drug-likeness (QED) is 0.726. The van der Waals surface area contributed by atoms with Crippen LogP contribution in [0.5, 0.6) is 0 Å². The minimum absolute atomic E-state index is 0.489. The molecule has 0 amide bonds.